The summed E-state index contributed by atoms with van der Waals surface area (Å²) in [6.07, 6.45) is 2.72. The van der Waals surface area contributed by atoms with E-state index in [4.69, 9.17) is 28.2 Å². The first-order chi connectivity index (χ1) is 13.0. The van der Waals surface area contributed by atoms with Crippen molar-refractivity contribution in [2.75, 3.05) is 5.32 Å². The largest absolute Gasteiger partial charge is 0.324 e. The predicted octanol–water partition coefficient (Wildman–Crippen LogP) is 5.49. The zero-order chi connectivity index (χ0) is 19.0. The molecule has 2 aliphatic heterocycles. The molecule has 0 fully saturated rings. The van der Waals surface area contributed by atoms with Crippen molar-refractivity contribution in [2.24, 2.45) is 10.1 Å². The molecule has 5 nitrogen and oxygen atoms in total. The highest BCUT2D eigenvalue weighted by atomic mass is 35.5. The second-order valence-corrected chi connectivity index (χ2v) is 8.37. The van der Waals surface area contributed by atoms with Crippen molar-refractivity contribution in [2.45, 2.75) is 24.6 Å². The normalized spacial score (nSPS) is 18.6. The average Bonchev–Trinajstić information content (AvgIpc) is 3.15. The van der Waals surface area contributed by atoms with E-state index in [1.54, 1.807) is 18.2 Å². The number of fused-ring (bicyclic) bond motifs is 3. The van der Waals surface area contributed by atoms with Crippen LogP contribution >= 0.6 is 35.0 Å². The van der Waals surface area contributed by atoms with Crippen LogP contribution in [0.5, 0.6) is 0 Å². The Morgan fingerprint density at radius 3 is 2.96 bits per heavy atom. The van der Waals surface area contributed by atoms with E-state index in [0.717, 1.165) is 17.7 Å². The summed E-state index contributed by atoms with van der Waals surface area (Å²) in [5.74, 6) is -0.176. The fraction of sp³-hybridized carbons (Fsp3) is 0.211. The van der Waals surface area contributed by atoms with Gasteiger partial charge in [0.2, 0.25) is 5.91 Å². The molecule has 1 amide bonds. The fourth-order valence-corrected chi connectivity index (χ4v) is 4.25. The molecular formula is C19H16Cl2N4OS. The van der Waals surface area contributed by atoms with Gasteiger partial charge in [-0.1, -0.05) is 53.2 Å². The Morgan fingerprint density at radius 2 is 2.11 bits per heavy atom. The molecule has 0 aromatic heterocycles. The molecule has 0 radical (unpaired) electrons. The SMILES string of the molecule is C[C@@H](SC1=Nc2ccccc2[C@H]2CC=NN12)C(=O)Nc1cc(Cl)ccc1Cl. The molecule has 2 aliphatic rings. The van der Waals surface area contributed by atoms with Gasteiger partial charge in [0.15, 0.2) is 5.17 Å². The third-order valence-electron chi connectivity index (χ3n) is 4.38. The van der Waals surface area contributed by atoms with Crippen molar-refractivity contribution in [3.63, 3.8) is 0 Å². The van der Waals surface area contributed by atoms with Crippen LogP contribution in [-0.4, -0.2) is 27.5 Å². The predicted molar refractivity (Wildman–Crippen MR) is 113 cm³/mol. The van der Waals surface area contributed by atoms with Crippen LogP contribution in [0.15, 0.2) is 52.6 Å². The standard InChI is InChI=1S/C19H16Cl2N4OS/c1-11(18(26)23-16-10-12(20)6-7-14(16)21)27-19-24-15-5-3-2-4-13(15)17-8-9-22-25(17)19/h2-7,9-11,17H,8H2,1H3,(H,23,26)/t11-,17-/m1/s1. The first-order valence-corrected chi connectivity index (χ1v) is 10.1. The van der Waals surface area contributed by atoms with Crippen LogP contribution in [0.2, 0.25) is 10.0 Å². The zero-order valence-corrected chi connectivity index (χ0v) is 16.7. The van der Waals surface area contributed by atoms with Gasteiger partial charge in [0.05, 0.1) is 27.7 Å². The number of para-hydroxylation sites is 1. The summed E-state index contributed by atoms with van der Waals surface area (Å²) in [4.78, 5) is 17.4. The van der Waals surface area contributed by atoms with E-state index in [1.807, 2.05) is 36.3 Å². The van der Waals surface area contributed by atoms with Crippen LogP contribution in [0.3, 0.4) is 0 Å². The number of aliphatic imine (C=N–C) groups is 1. The molecule has 4 rings (SSSR count). The lowest BCUT2D eigenvalue weighted by Gasteiger charge is -2.30. The van der Waals surface area contributed by atoms with Crippen molar-refractivity contribution < 1.29 is 4.79 Å². The summed E-state index contributed by atoms with van der Waals surface area (Å²) >= 11 is 13.5. The second kappa shape index (κ2) is 7.54. The number of amidine groups is 1. The van der Waals surface area contributed by atoms with E-state index in [0.29, 0.717) is 20.9 Å². The van der Waals surface area contributed by atoms with Gasteiger partial charge in [-0.2, -0.15) is 5.10 Å². The minimum Gasteiger partial charge on any atom is -0.324 e. The van der Waals surface area contributed by atoms with Crippen LogP contribution < -0.4 is 5.32 Å². The van der Waals surface area contributed by atoms with E-state index < -0.39 is 0 Å². The number of hydrogen-bond donors (Lipinski definition) is 1. The van der Waals surface area contributed by atoms with Crippen molar-refractivity contribution >= 4 is 63.6 Å². The van der Waals surface area contributed by atoms with Gasteiger partial charge in [0.25, 0.3) is 0 Å². The van der Waals surface area contributed by atoms with Crippen molar-refractivity contribution in [3.05, 3.63) is 58.1 Å². The molecular weight excluding hydrogens is 403 g/mol. The van der Waals surface area contributed by atoms with Gasteiger partial charge in [-0.3, -0.25) is 4.79 Å². The first kappa shape index (κ1) is 18.3. The maximum absolute atomic E-state index is 12.6. The van der Waals surface area contributed by atoms with E-state index in [2.05, 4.69) is 16.5 Å². The molecule has 0 saturated carbocycles. The van der Waals surface area contributed by atoms with E-state index >= 15 is 0 Å². The minimum absolute atomic E-state index is 0.138. The molecule has 0 unspecified atom stereocenters. The quantitative estimate of drug-likeness (QED) is 0.716. The van der Waals surface area contributed by atoms with E-state index in [1.165, 1.54) is 11.8 Å². The van der Waals surface area contributed by atoms with Gasteiger partial charge in [-0.15, -0.1) is 0 Å². The molecule has 1 N–H and O–H groups in total. The number of carbonyl (C=O) groups excluding carboxylic acids is 1. The molecule has 0 saturated heterocycles. The Bertz CT molecular complexity index is 962. The number of halogens is 2. The molecule has 0 spiro atoms. The van der Waals surface area contributed by atoms with Crippen LogP contribution in [0, 0.1) is 0 Å². The Morgan fingerprint density at radius 1 is 1.30 bits per heavy atom. The maximum atomic E-state index is 12.6. The topological polar surface area (TPSA) is 57.1 Å². The van der Waals surface area contributed by atoms with Crippen LogP contribution in [0.1, 0.15) is 24.9 Å². The number of anilines is 1. The number of nitrogens with one attached hydrogen (secondary N) is 1. The molecule has 2 heterocycles. The smallest absolute Gasteiger partial charge is 0.237 e. The third-order valence-corrected chi connectivity index (χ3v) is 6.00. The summed E-state index contributed by atoms with van der Waals surface area (Å²) in [6.45, 7) is 1.83. The van der Waals surface area contributed by atoms with Gasteiger partial charge < -0.3 is 5.32 Å². The molecule has 2 atom stereocenters. The number of carbonyl (C=O) groups is 1. The number of benzene rings is 2. The van der Waals surface area contributed by atoms with Crippen molar-refractivity contribution in [1.82, 2.24) is 5.01 Å². The number of nitrogens with zero attached hydrogens (tertiary/aromatic N) is 3. The Balaban J connectivity index is 1.53. The maximum Gasteiger partial charge on any atom is 0.237 e. The number of rotatable bonds is 3. The fourth-order valence-electron chi connectivity index (χ4n) is 3.00. The Kier molecular flexibility index (Phi) is 5.12. The highest BCUT2D eigenvalue weighted by Gasteiger charge is 2.34. The summed E-state index contributed by atoms with van der Waals surface area (Å²) in [7, 11) is 0. The molecule has 138 valence electrons. The molecule has 2 aromatic carbocycles. The number of hydrogen-bond acceptors (Lipinski definition) is 5. The van der Waals surface area contributed by atoms with Crippen LogP contribution in [0.4, 0.5) is 11.4 Å². The van der Waals surface area contributed by atoms with Gasteiger partial charge in [0.1, 0.15) is 0 Å². The summed E-state index contributed by atoms with van der Waals surface area (Å²) in [5, 5.41) is 10.5. The first-order valence-electron chi connectivity index (χ1n) is 8.45. The average molecular weight is 419 g/mol. The van der Waals surface area contributed by atoms with Crippen LogP contribution in [-0.2, 0) is 4.79 Å². The van der Waals surface area contributed by atoms with Crippen molar-refractivity contribution in [3.8, 4) is 0 Å². The lowest BCUT2D eigenvalue weighted by atomic mass is 10.0. The Labute approximate surface area is 171 Å². The molecule has 27 heavy (non-hydrogen) atoms. The van der Waals surface area contributed by atoms with E-state index in [9.17, 15) is 4.79 Å². The summed E-state index contributed by atoms with van der Waals surface area (Å²) in [5.41, 5.74) is 2.58. The van der Waals surface area contributed by atoms with Gasteiger partial charge in [-0.25, -0.2) is 10.0 Å². The lowest BCUT2D eigenvalue weighted by Crippen LogP contribution is -2.32. The van der Waals surface area contributed by atoms with E-state index in [-0.39, 0.29) is 17.2 Å². The highest BCUT2D eigenvalue weighted by molar-refractivity contribution is 8.14. The van der Waals surface area contributed by atoms with Crippen LogP contribution in [0.25, 0.3) is 0 Å². The van der Waals surface area contributed by atoms with Crippen molar-refractivity contribution in [1.29, 1.82) is 0 Å². The lowest BCUT2D eigenvalue weighted by molar-refractivity contribution is -0.115. The summed E-state index contributed by atoms with van der Waals surface area (Å²) < 4.78 is 0. The number of thioether (sulfide) groups is 1. The minimum atomic E-state index is -0.388. The molecule has 2 aromatic rings. The van der Waals surface area contributed by atoms with Gasteiger partial charge in [-0.05, 0) is 31.2 Å². The second-order valence-electron chi connectivity index (χ2n) is 6.22. The molecule has 0 bridgehead atoms. The number of amides is 1. The third kappa shape index (κ3) is 3.70. The highest BCUT2D eigenvalue weighted by Crippen LogP contribution is 2.41. The summed E-state index contributed by atoms with van der Waals surface area (Å²) in [6, 6.07) is 13.1. The molecule has 0 aliphatic carbocycles. The number of hydrazone groups is 1. The van der Waals surface area contributed by atoms with Gasteiger partial charge in [0, 0.05) is 23.2 Å². The van der Waals surface area contributed by atoms with Gasteiger partial charge >= 0.3 is 0 Å². The Hall–Kier alpha value is -2.02. The zero-order valence-electron chi connectivity index (χ0n) is 14.4. The monoisotopic (exact) mass is 418 g/mol. The molecule has 8 heteroatoms.